The van der Waals surface area contributed by atoms with Crippen molar-refractivity contribution in [3.63, 3.8) is 0 Å². The second-order valence-corrected chi connectivity index (χ2v) is 5.91. The molecule has 2 nitrogen and oxygen atoms in total. The molecule has 100 valence electrons. The molecule has 2 heteroatoms. The normalized spacial score (nSPS) is 29.5. The second kappa shape index (κ2) is 6.55. The number of hydrogen-bond acceptors (Lipinski definition) is 2. The van der Waals surface area contributed by atoms with Gasteiger partial charge in [-0.25, -0.2) is 0 Å². The molecule has 1 saturated carbocycles. The van der Waals surface area contributed by atoms with Crippen LogP contribution >= 0.6 is 0 Å². The fraction of sp³-hybridized carbons (Fsp3) is 0.867. The summed E-state index contributed by atoms with van der Waals surface area (Å²) in [6.07, 6.45) is 8.12. The molecule has 0 unspecified atom stereocenters. The Morgan fingerprint density at radius 3 is 2.59 bits per heavy atom. The van der Waals surface area contributed by atoms with Gasteiger partial charge in [0.05, 0.1) is 17.8 Å². The maximum atomic E-state index is 9.95. The van der Waals surface area contributed by atoms with E-state index in [0.29, 0.717) is 5.92 Å². The maximum absolute atomic E-state index is 9.95. The molecular weight excluding hydrogens is 212 g/mol. The average molecular weight is 240 g/mol. The fourth-order valence-electron chi connectivity index (χ4n) is 2.60. The van der Waals surface area contributed by atoms with E-state index in [4.69, 9.17) is 4.74 Å². The van der Waals surface area contributed by atoms with E-state index >= 15 is 0 Å². The van der Waals surface area contributed by atoms with E-state index in [1.807, 2.05) is 6.08 Å². The minimum atomic E-state index is -0.316. The van der Waals surface area contributed by atoms with Gasteiger partial charge in [-0.1, -0.05) is 32.3 Å². The van der Waals surface area contributed by atoms with Crippen LogP contribution in [0.1, 0.15) is 59.3 Å². The summed E-state index contributed by atoms with van der Waals surface area (Å²) < 4.78 is 6.09. The zero-order valence-electron chi connectivity index (χ0n) is 11.6. The molecule has 1 fully saturated rings. The number of ether oxygens (including phenoxy) is 1. The van der Waals surface area contributed by atoms with Crippen LogP contribution < -0.4 is 0 Å². The van der Waals surface area contributed by atoms with Crippen LogP contribution in [0.4, 0.5) is 0 Å². The summed E-state index contributed by atoms with van der Waals surface area (Å²) in [5.74, 6) is 0.418. The topological polar surface area (TPSA) is 29.5 Å². The summed E-state index contributed by atoms with van der Waals surface area (Å²) in [5, 5.41) is 9.95. The van der Waals surface area contributed by atoms with Gasteiger partial charge in [0.15, 0.2) is 0 Å². The highest BCUT2D eigenvalue weighted by molar-refractivity contribution is 4.93. The first-order chi connectivity index (χ1) is 7.98. The van der Waals surface area contributed by atoms with E-state index in [1.165, 1.54) is 19.3 Å². The van der Waals surface area contributed by atoms with Crippen LogP contribution in [0.3, 0.4) is 0 Å². The van der Waals surface area contributed by atoms with Crippen LogP contribution in [-0.2, 0) is 4.74 Å². The zero-order chi connectivity index (χ0) is 12.9. The number of hydrogen-bond donors (Lipinski definition) is 1. The van der Waals surface area contributed by atoms with Gasteiger partial charge in [-0.3, -0.25) is 0 Å². The Hall–Kier alpha value is -0.340. The molecule has 1 rings (SSSR count). The predicted molar refractivity (Wildman–Crippen MR) is 72.0 cm³/mol. The van der Waals surface area contributed by atoms with E-state index in [9.17, 15) is 5.11 Å². The Kier molecular flexibility index (Phi) is 5.68. The third kappa shape index (κ3) is 4.81. The average Bonchev–Trinajstić information content (AvgIpc) is 2.59. The van der Waals surface area contributed by atoms with Gasteiger partial charge in [-0.2, -0.15) is 0 Å². The molecule has 17 heavy (non-hydrogen) atoms. The molecule has 0 aromatic carbocycles. The number of aliphatic hydroxyl groups is 1. The molecular formula is C15H28O2. The Labute approximate surface area is 106 Å². The van der Waals surface area contributed by atoms with Gasteiger partial charge in [0.2, 0.25) is 0 Å². The van der Waals surface area contributed by atoms with Gasteiger partial charge < -0.3 is 9.84 Å². The summed E-state index contributed by atoms with van der Waals surface area (Å²) in [4.78, 5) is 0. The van der Waals surface area contributed by atoms with Gasteiger partial charge in [0.25, 0.3) is 0 Å². The first-order valence-electron chi connectivity index (χ1n) is 6.97. The largest absolute Gasteiger partial charge is 0.390 e. The summed E-state index contributed by atoms with van der Waals surface area (Å²) in [6, 6.07) is 0. The van der Waals surface area contributed by atoms with E-state index in [0.717, 1.165) is 19.3 Å². The first-order valence-corrected chi connectivity index (χ1v) is 6.97. The van der Waals surface area contributed by atoms with Crippen molar-refractivity contribution in [2.24, 2.45) is 5.92 Å². The predicted octanol–water partition coefficient (Wildman–Crippen LogP) is 3.69. The zero-order valence-corrected chi connectivity index (χ0v) is 11.6. The SMILES string of the molecule is C=C[C@H]1C[C@H](O)[C@H](OC(C)(C)CCCCC)C1. The molecule has 0 heterocycles. The van der Waals surface area contributed by atoms with Crippen LogP contribution in [0.5, 0.6) is 0 Å². The van der Waals surface area contributed by atoms with Crippen molar-refractivity contribution in [1.29, 1.82) is 0 Å². The van der Waals surface area contributed by atoms with Gasteiger partial charge >= 0.3 is 0 Å². The quantitative estimate of drug-likeness (QED) is 0.543. The number of rotatable bonds is 7. The van der Waals surface area contributed by atoms with Crippen LogP contribution in [0.2, 0.25) is 0 Å². The smallest absolute Gasteiger partial charge is 0.0847 e. The van der Waals surface area contributed by atoms with Crippen molar-refractivity contribution < 1.29 is 9.84 Å². The molecule has 0 radical (unpaired) electrons. The summed E-state index contributed by atoms with van der Waals surface area (Å²) in [5.41, 5.74) is -0.114. The van der Waals surface area contributed by atoms with Gasteiger partial charge in [0.1, 0.15) is 0 Å². The third-order valence-electron chi connectivity index (χ3n) is 3.69. The number of aliphatic hydroxyl groups excluding tert-OH is 1. The lowest BCUT2D eigenvalue weighted by Gasteiger charge is -2.30. The molecule has 3 atom stereocenters. The molecule has 0 aromatic heterocycles. The molecule has 0 aromatic rings. The van der Waals surface area contributed by atoms with Crippen molar-refractivity contribution in [2.75, 3.05) is 0 Å². The minimum absolute atomic E-state index is 0.00498. The van der Waals surface area contributed by atoms with Crippen LogP contribution in [0.15, 0.2) is 12.7 Å². The standard InChI is InChI=1S/C15H28O2/c1-5-7-8-9-15(3,4)17-14-11-12(6-2)10-13(14)16/h6,12-14,16H,2,5,7-11H2,1,3-4H3/t12-,13-,14+/m0/s1. The van der Waals surface area contributed by atoms with Crippen molar-refractivity contribution in [1.82, 2.24) is 0 Å². The van der Waals surface area contributed by atoms with E-state index in [-0.39, 0.29) is 17.8 Å². The van der Waals surface area contributed by atoms with Gasteiger partial charge in [-0.05, 0) is 39.0 Å². The Morgan fingerprint density at radius 1 is 1.35 bits per heavy atom. The van der Waals surface area contributed by atoms with Gasteiger partial charge in [-0.15, -0.1) is 6.58 Å². The summed E-state index contributed by atoms with van der Waals surface area (Å²) >= 11 is 0. The Bertz CT molecular complexity index is 235. The highest BCUT2D eigenvalue weighted by Crippen LogP contribution is 2.33. The van der Waals surface area contributed by atoms with Crippen molar-refractivity contribution in [3.8, 4) is 0 Å². The lowest BCUT2D eigenvalue weighted by Crippen LogP contribution is -2.34. The second-order valence-electron chi connectivity index (χ2n) is 5.91. The van der Waals surface area contributed by atoms with E-state index < -0.39 is 0 Å². The highest BCUT2D eigenvalue weighted by Gasteiger charge is 2.35. The maximum Gasteiger partial charge on any atom is 0.0847 e. The molecule has 0 spiro atoms. The van der Waals surface area contributed by atoms with Gasteiger partial charge in [0, 0.05) is 0 Å². The Morgan fingerprint density at radius 2 is 2.06 bits per heavy atom. The van der Waals surface area contributed by atoms with Crippen molar-refractivity contribution in [3.05, 3.63) is 12.7 Å². The third-order valence-corrected chi connectivity index (χ3v) is 3.69. The highest BCUT2D eigenvalue weighted by atomic mass is 16.5. The Balaban J connectivity index is 2.38. The van der Waals surface area contributed by atoms with Crippen LogP contribution in [0, 0.1) is 5.92 Å². The monoisotopic (exact) mass is 240 g/mol. The molecule has 0 amide bonds. The number of allylic oxidation sites excluding steroid dienone is 1. The van der Waals surface area contributed by atoms with Crippen LogP contribution in [0.25, 0.3) is 0 Å². The lowest BCUT2D eigenvalue weighted by atomic mass is 10.00. The van der Waals surface area contributed by atoms with Crippen LogP contribution in [-0.4, -0.2) is 22.9 Å². The van der Waals surface area contributed by atoms with E-state index in [1.54, 1.807) is 0 Å². The van der Waals surface area contributed by atoms with Crippen molar-refractivity contribution in [2.45, 2.75) is 77.1 Å². The van der Waals surface area contributed by atoms with Crippen molar-refractivity contribution >= 4 is 0 Å². The molecule has 1 aliphatic carbocycles. The molecule has 0 aliphatic heterocycles. The molecule has 0 saturated heterocycles. The fourth-order valence-corrected chi connectivity index (χ4v) is 2.60. The lowest BCUT2D eigenvalue weighted by molar-refractivity contribution is -0.111. The molecule has 1 N–H and O–H groups in total. The molecule has 0 bridgehead atoms. The van der Waals surface area contributed by atoms with E-state index in [2.05, 4.69) is 27.4 Å². The molecule has 1 aliphatic rings. The summed E-state index contributed by atoms with van der Waals surface area (Å²) in [7, 11) is 0. The summed E-state index contributed by atoms with van der Waals surface area (Å²) in [6.45, 7) is 10.3. The minimum Gasteiger partial charge on any atom is -0.390 e. The first kappa shape index (κ1) is 14.7. The number of unbranched alkanes of at least 4 members (excludes halogenated alkanes) is 2.